The highest BCUT2D eigenvalue weighted by Gasteiger charge is 2.55. The molecule has 3 aliphatic rings. The van der Waals surface area contributed by atoms with Gasteiger partial charge in [-0.25, -0.2) is 4.79 Å². The molecule has 1 amide bonds. The Hall–Kier alpha value is -4.52. The number of carboxylic acids is 1. The van der Waals surface area contributed by atoms with Crippen molar-refractivity contribution >= 4 is 51.1 Å². The summed E-state index contributed by atoms with van der Waals surface area (Å²) in [5, 5.41) is 36.5. The third-order valence-electron chi connectivity index (χ3n) is 15.0. The number of aliphatic carboxylic acids is 1. The molecule has 3 aromatic carbocycles. The molecule has 0 radical (unpaired) electrons. The molecule has 3 fully saturated rings. The van der Waals surface area contributed by atoms with Gasteiger partial charge in [-0.1, -0.05) is 105 Å². The Morgan fingerprint density at radius 2 is 1.54 bits per heavy atom. The normalized spacial score (nSPS) is 27.6. The maximum atomic E-state index is 14.3. The maximum Gasteiger partial charge on any atom is 0.326 e. The first-order chi connectivity index (χ1) is 32.5. The van der Waals surface area contributed by atoms with Gasteiger partial charge in [-0.15, -0.1) is 0 Å². The van der Waals surface area contributed by atoms with Crippen molar-refractivity contribution < 1.29 is 48.7 Å². The van der Waals surface area contributed by atoms with Gasteiger partial charge in [-0.2, -0.15) is 0 Å². The minimum absolute atomic E-state index is 0.130. The van der Waals surface area contributed by atoms with Crippen molar-refractivity contribution in [3.63, 3.8) is 0 Å². The smallest absolute Gasteiger partial charge is 0.326 e. The molecule has 0 bridgehead atoms. The van der Waals surface area contributed by atoms with Gasteiger partial charge < -0.3 is 34.4 Å². The number of piperidine rings is 1. The number of aliphatic hydroxyl groups is 2. The van der Waals surface area contributed by atoms with Gasteiger partial charge in [0.05, 0.1) is 24.4 Å². The van der Waals surface area contributed by atoms with Crippen LogP contribution in [0.5, 0.6) is 0 Å². The summed E-state index contributed by atoms with van der Waals surface area (Å²) in [5.74, 6) is -5.74. The summed E-state index contributed by atoms with van der Waals surface area (Å²) < 4.78 is 17.5. The van der Waals surface area contributed by atoms with Crippen LogP contribution in [0.2, 0.25) is 0 Å². The molecule has 2 heterocycles. The van der Waals surface area contributed by atoms with E-state index in [9.17, 15) is 34.5 Å². The number of nitrogens with zero attached hydrogens (tertiary/aromatic N) is 1. The van der Waals surface area contributed by atoms with Gasteiger partial charge in [0.1, 0.15) is 11.8 Å². The van der Waals surface area contributed by atoms with Crippen LogP contribution in [-0.4, -0.2) is 101 Å². The number of rotatable bonds is 21. The number of carboxylic acid groups (broad SMARTS) is 1. The van der Waals surface area contributed by atoms with Crippen molar-refractivity contribution in [1.82, 2.24) is 4.90 Å². The standard InChI is InChI=1S/C57H77NO10/c1-36(29-38(3)31-41-24-26-50(60)52(34-41)66-6)22-25-49(59)44(17-14-16-43-35-42-15-8-9-18-45(42)47-20-11-10-19-46(43)47)32-39(4)30-37(2)23-27-51-53(67-7)33-40(5)57(65,68-51)54(61)55(62)58-28-13-12-21-48(58)56(63)64/h8-11,14-16,18-20,31-32,35-37,40-41,44,48,50-53,60,65H,12-13,17,21-30,33-34H2,1-7H3,(H,63,64)/b16-14+,38-31+,39-32+/t36-,37-,40-,41+,44-,48?,50-,51-,52-,53+,57-/m1/s1. The number of fused-ring (bicyclic) bond motifs is 3. The number of aliphatic hydroxyl groups excluding tert-OH is 1. The van der Waals surface area contributed by atoms with E-state index in [1.807, 2.05) is 0 Å². The van der Waals surface area contributed by atoms with Gasteiger partial charge >= 0.3 is 5.97 Å². The minimum atomic E-state index is -2.41. The predicted molar refractivity (Wildman–Crippen MR) is 268 cm³/mol. The summed E-state index contributed by atoms with van der Waals surface area (Å²) >= 11 is 0. The molecule has 1 unspecified atom stereocenters. The van der Waals surface area contributed by atoms with Crippen LogP contribution in [0.15, 0.2) is 84.0 Å². The Kier molecular flexibility index (Phi) is 18.9. The first-order valence-corrected chi connectivity index (χ1v) is 25.2. The lowest BCUT2D eigenvalue weighted by Gasteiger charge is -2.45. The lowest BCUT2D eigenvalue weighted by Crippen LogP contribution is -2.62. The first kappa shape index (κ1) is 52.8. The fraction of sp³-hybridized carbons (Fsp3) is 0.579. The van der Waals surface area contributed by atoms with E-state index in [1.54, 1.807) is 21.1 Å². The lowest BCUT2D eigenvalue weighted by atomic mass is 9.83. The zero-order valence-corrected chi connectivity index (χ0v) is 41.5. The van der Waals surface area contributed by atoms with Crippen molar-refractivity contribution in [1.29, 1.82) is 0 Å². The van der Waals surface area contributed by atoms with E-state index in [0.29, 0.717) is 50.4 Å². The Morgan fingerprint density at radius 3 is 2.26 bits per heavy atom. The summed E-state index contributed by atoms with van der Waals surface area (Å²) in [6, 6.07) is 18.0. The summed E-state index contributed by atoms with van der Waals surface area (Å²) in [6.07, 6.45) is 16.0. The van der Waals surface area contributed by atoms with Gasteiger partial charge in [-0.3, -0.25) is 14.4 Å². The molecule has 11 nitrogen and oxygen atoms in total. The van der Waals surface area contributed by atoms with Crippen LogP contribution in [0.3, 0.4) is 0 Å². The monoisotopic (exact) mass is 936 g/mol. The van der Waals surface area contributed by atoms with Gasteiger partial charge in [0, 0.05) is 39.0 Å². The second-order valence-electron chi connectivity index (χ2n) is 20.6. The van der Waals surface area contributed by atoms with E-state index in [0.717, 1.165) is 54.6 Å². The number of methoxy groups -OCH3 is 2. The van der Waals surface area contributed by atoms with Crippen molar-refractivity contribution in [2.45, 2.75) is 161 Å². The zero-order chi connectivity index (χ0) is 49.1. The molecule has 1 aliphatic carbocycles. The molecule has 3 aromatic rings. The first-order valence-electron chi connectivity index (χ1n) is 25.2. The fourth-order valence-electron chi connectivity index (χ4n) is 11.2. The van der Waals surface area contributed by atoms with Gasteiger partial charge in [0.2, 0.25) is 5.79 Å². The fourth-order valence-corrected chi connectivity index (χ4v) is 11.2. The highest BCUT2D eigenvalue weighted by Crippen LogP contribution is 2.38. The molecule has 0 aromatic heterocycles. The SMILES string of the molecule is CO[C@H]1C[C@@H](C)[C@](O)(C(=O)C(=O)N2CCCCC2C(=O)O)O[C@@H]1CC[C@@H](C)C/C(C)=C/[C@@H](C/C=C/c1cc2ccccc2c2ccccc12)C(=O)CC[C@@H](C)C/C(C)=C/[C@@H]1CC[C@@H](O)[C@H](OC)C1. The van der Waals surface area contributed by atoms with Crippen LogP contribution in [0.1, 0.15) is 130 Å². The van der Waals surface area contributed by atoms with E-state index in [2.05, 4.69) is 107 Å². The van der Waals surface area contributed by atoms with Crippen LogP contribution < -0.4 is 0 Å². The van der Waals surface area contributed by atoms with Crippen LogP contribution in [0, 0.1) is 29.6 Å². The second kappa shape index (κ2) is 24.4. The number of allylic oxidation sites excluding steroid dienone is 5. The summed E-state index contributed by atoms with van der Waals surface area (Å²) in [5.41, 5.74) is 3.53. The van der Waals surface area contributed by atoms with Crippen molar-refractivity contribution in [3.05, 3.63) is 89.5 Å². The van der Waals surface area contributed by atoms with E-state index in [1.165, 1.54) is 27.1 Å². The zero-order valence-electron chi connectivity index (χ0n) is 41.5. The van der Waals surface area contributed by atoms with Crippen molar-refractivity contribution in [2.24, 2.45) is 29.6 Å². The minimum Gasteiger partial charge on any atom is -0.480 e. The van der Waals surface area contributed by atoms with Gasteiger partial charge in [0.25, 0.3) is 11.7 Å². The number of benzene rings is 3. The van der Waals surface area contributed by atoms with E-state index >= 15 is 0 Å². The van der Waals surface area contributed by atoms with E-state index in [4.69, 9.17) is 14.2 Å². The quantitative estimate of drug-likeness (QED) is 0.0533. The van der Waals surface area contributed by atoms with Crippen LogP contribution in [0.4, 0.5) is 0 Å². The number of Topliss-reactive ketones (excluding diaryl/α,β-unsaturated/α-hetero) is 2. The van der Waals surface area contributed by atoms with E-state index in [-0.39, 0.29) is 43.1 Å². The van der Waals surface area contributed by atoms with Crippen molar-refractivity contribution in [3.8, 4) is 0 Å². The average Bonchev–Trinajstić information content (AvgIpc) is 3.33. The number of ketones is 2. The summed E-state index contributed by atoms with van der Waals surface area (Å²) in [4.78, 5) is 54.5. The number of likely N-dealkylation sites (tertiary alicyclic amines) is 1. The molecule has 2 saturated heterocycles. The molecule has 11 atom stereocenters. The van der Waals surface area contributed by atoms with E-state index < -0.39 is 53.7 Å². The highest BCUT2D eigenvalue weighted by molar-refractivity contribution is 6.39. The number of carbonyl (C=O) groups is 4. The molecule has 370 valence electrons. The number of hydrogen-bond acceptors (Lipinski definition) is 9. The number of hydrogen-bond donors (Lipinski definition) is 3. The van der Waals surface area contributed by atoms with Crippen molar-refractivity contribution in [2.75, 3.05) is 20.8 Å². The van der Waals surface area contributed by atoms with Crippen LogP contribution in [0.25, 0.3) is 27.6 Å². The average molecular weight is 936 g/mol. The molecule has 68 heavy (non-hydrogen) atoms. The predicted octanol–water partition coefficient (Wildman–Crippen LogP) is 10.4. The van der Waals surface area contributed by atoms with Crippen LogP contribution in [-0.2, 0) is 33.4 Å². The largest absolute Gasteiger partial charge is 0.480 e. The topological polar surface area (TPSA) is 160 Å². The molecule has 0 spiro atoms. The molecular weight excluding hydrogens is 859 g/mol. The summed E-state index contributed by atoms with van der Waals surface area (Å²) in [6.45, 7) is 10.4. The molecule has 3 N–H and O–H groups in total. The Bertz CT molecular complexity index is 2320. The third kappa shape index (κ3) is 13.2. The highest BCUT2D eigenvalue weighted by atomic mass is 16.7. The second-order valence-corrected chi connectivity index (χ2v) is 20.6. The maximum absolute atomic E-state index is 14.3. The number of amides is 1. The Balaban J connectivity index is 1.13. The van der Waals surface area contributed by atoms with Gasteiger partial charge in [0.15, 0.2) is 0 Å². The summed E-state index contributed by atoms with van der Waals surface area (Å²) in [7, 11) is 3.24. The third-order valence-corrected chi connectivity index (χ3v) is 15.0. The molecule has 2 aliphatic heterocycles. The molecule has 6 rings (SSSR count). The lowest BCUT2D eigenvalue weighted by molar-refractivity contribution is -0.287. The molecular formula is C57H77NO10. The van der Waals surface area contributed by atoms with Gasteiger partial charge in [-0.05, 0) is 148 Å². The number of carbonyl (C=O) groups excluding carboxylic acids is 3. The molecule has 11 heteroatoms. The Morgan fingerprint density at radius 1 is 0.868 bits per heavy atom. The number of ether oxygens (including phenoxy) is 3. The Labute approximate surface area is 404 Å². The van der Waals surface area contributed by atoms with Crippen LogP contribution >= 0.6 is 0 Å². The molecule has 1 saturated carbocycles.